The molecular weight excluding hydrogens is 224 g/mol. The Morgan fingerprint density at radius 2 is 2.00 bits per heavy atom. The van der Waals surface area contributed by atoms with Crippen LogP contribution in [0.3, 0.4) is 0 Å². The van der Waals surface area contributed by atoms with Gasteiger partial charge in [-0.2, -0.15) is 0 Å². The van der Waals surface area contributed by atoms with Gasteiger partial charge in [-0.25, -0.2) is 0 Å². The first kappa shape index (κ1) is 12.9. The molecule has 0 aliphatic rings. The zero-order valence-corrected chi connectivity index (χ0v) is 9.94. The quantitative estimate of drug-likeness (QED) is 0.659. The minimum atomic E-state index is -0.220. The number of aliphatic hydroxyl groups excluding tert-OH is 1. The lowest BCUT2D eigenvalue weighted by Crippen LogP contribution is -2.35. The van der Waals surface area contributed by atoms with Crippen molar-refractivity contribution in [2.24, 2.45) is 5.73 Å². The third-order valence-corrected chi connectivity index (χ3v) is 2.60. The van der Waals surface area contributed by atoms with Crippen LogP contribution in [0.15, 0.2) is 24.3 Å². The highest BCUT2D eigenvalue weighted by Crippen LogP contribution is 2.21. The lowest BCUT2D eigenvalue weighted by Gasteiger charge is -2.26. The van der Waals surface area contributed by atoms with E-state index in [1.54, 1.807) is 24.3 Å². The van der Waals surface area contributed by atoms with Crippen molar-refractivity contribution >= 4 is 17.2 Å². The second-order valence-corrected chi connectivity index (χ2v) is 4.07. The van der Waals surface area contributed by atoms with Crippen molar-refractivity contribution in [3.8, 4) is 5.75 Å². The highest BCUT2D eigenvalue weighted by Gasteiger charge is 2.19. The Hall–Kier alpha value is -1.17. The van der Waals surface area contributed by atoms with E-state index in [-0.39, 0.29) is 18.4 Å². The van der Waals surface area contributed by atoms with E-state index in [1.807, 2.05) is 11.9 Å². The van der Waals surface area contributed by atoms with Crippen molar-refractivity contribution in [2.45, 2.75) is 6.04 Å². The predicted molar refractivity (Wildman–Crippen MR) is 67.3 cm³/mol. The van der Waals surface area contributed by atoms with Crippen LogP contribution in [0, 0.1) is 0 Å². The van der Waals surface area contributed by atoms with Crippen LogP contribution in [0.5, 0.6) is 5.75 Å². The maximum Gasteiger partial charge on any atom is 0.115 e. The number of benzene rings is 1. The fraction of sp³-hybridized carbons (Fsp3) is 0.364. The largest absolute Gasteiger partial charge is 0.508 e. The van der Waals surface area contributed by atoms with E-state index in [0.717, 1.165) is 5.56 Å². The number of phenolic OH excluding ortho intramolecular Hbond substituents is 1. The van der Waals surface area contributed by atoms with Gasteiger partial charge in [0.15, 0.2) is 0 Å². The molecule has 0 heterocycles. The van der Waals surface area contributed by atoms with Gasteiger partial charge in [0.2, 0.25) is 0 Å². The third-order valence-electron chi connectivity index (χ3n) is 2.37. The molecule has 0 saturated carbocycles. The van der Waals surface area contributed by atoms with Crippen LogP contribution in [0.2, 0.25) is 0 Å². The smallest absolute Gasteiger partial charge is 0.115 e. The fourth-order valence-electron chi connectivity index (χ4n) is 1.58. The van der Waals surface area contributed by atoms with Crippen molar-refractivity contribution in [3.63, 3.8) is 0 Å². The molecule has 0 bridgehead atoms. The first-order valence-corrected chi connectivity index (χ1v) is 5.36. The van der Waals surface area contributed by atoms with Gasteiger partial charge in [0, 0.05) is 6.54 Å². The molecule has 0 aliphatic carbocycles. The number of thiocarbonyl (C=S) groups is 1. The maximum atomic E-state index is 9.20. The lowest BCUT2D eigenvalue weighted by atomic mass is 10.1. The van der Waals surface area contributed by atoms with Crippen LogP contribution in [0.1, 0.15) is 11.6 Å². The number of nitrogens with two attached hydrogens (primary N) is 1. The van der Waals surface area contributed by atoms with Crippen LogP contribution >= 0.6 is 12.2 Å². The molecule has 0 spiro atoms. The standard InChI is InChI=1S/C11H16N2O2S/c1-13(6-7-14)10(11(12)16)8-2-4-9(15)5-3-8/h2-5,10,14-15H,6-7H2,1H3,(H2,12,16). The van der Waals surface area contributed by atoms with Gasteiger partial charge in [0.25, 0.3) is 0 Å². The second kappa shape index (κ2) is 5.79. The summed E-state index contributed by atoms with van der Waals surface area (Å²) in [5.41, 5.74) is 6.59. The number of nitrogens with zero attached hydrogens (tertiary/aromatic N) is 1. The minimum absolute atomic E-state index is 0.0493. The van der Waals surface area contributed by atoms with Crippen molar-refractivity contribution in [1.82, 2.24) is 4.90 Å². The molecule has 1 rings (SSSR count). The van der Waals surface area contributed by atoms with E-state index in [4.69, 9.17) is 23.1 Å². The molecule has 0 aromatic heterocycles. The Morgan fingerprint density at radius 1 is 1.44 bits per heavy atom. The number of likely N-dealkylation sites (N-methyl/N-ethyl adjacent to an activating group) is 1. The van der Waals surface area contributed by atoms with Gasteiger partial charge in [-0.05, 0) is 24.7 Å². The van der Waals surface area contributed by atoms with E-state index >= 15 is 0 Å². The fourth-order valence-corrected chi connectivity index (χ4v) is 1.90. The third kappa shape index (κ3) is 3.16. The average Bonchev–Trinajstić information content (AvgIpc) is 2.21. The van der Waals surface area contributed by atoms with Crippen molar-refractivity contribution < 1.29 is 10.2 Å². The topological polar surface area (TPSA) is 69.7 Å². The van der Waals surface area contributed by atoms with Crippen LogP contribution in [0.25, 0.3) is 0 Å². The molecule has 1 aromatic rings. The zero-order valence-electron chi connectivity index (χ0n) is 9.13. The van der Waals surface area contributed by atoms with E-state index in [1.165, 1.54) is 0 Å². The summed E-state index contributed by atoms with van der Waals surface area (Å²) in [6.45, 7) is 0.538. The van der Waals surface area contributed by atoms with Gasteiger partial charge < -0.3 is 15.9 Å². The summed E-state index contributed by atoms with van der Waals surface area (Å²) < 4.78 is 0. The van der Waals surface area contributed by atoms with Crippen LogP contribution in [-0.2, 0) is 0 Å². The summed E-state index contributed by atoms with van der Waals surface area (Å²) in [6.07, 6.45) is 0. The van der Waals surface area contributed by atoms with Crippen LogP contribution < -0.4 is 5.73 Å². The number of rotatable bonds is 5. The van der Waals surface area contributed by atoms with Gasteiger partial charge in [-0.15, -0.1) is 0 Å². The highest BCUT2D eigenvalue weighted by atomic mass is 32.1. The Balaban J connectivity index is 2.93. The first-order chi connectivity index (χ1) is 7.56. The number of phenols is 1. The summed E-state index contributed by atoms with van der Waals surface area (Å²) in [6, 6.07) is 6.50. The maximum absolute atomic E-state index is 9.20. The Kier molecular flexibility index (Phi) is 4.67. The SMILES string of the molecule is CN(CCO)C(C(N)=S)c1ccc(O)cc1. The van der Waals surface area contributed by atoms with Gasteiger partial charge >= 0.3 is 0 Å². The van der Waals surface area contributed by atoms with Crippen LogP contribution in [0.4, 0.5) is 0 Å². The molecule has 16 heavy (non-hydrogen) atoms. The monoisotopic (exact) mass is 240 g/mol. The number of hydrogen-bond acceptors (Lipinski definition) is 4. The molecule has 0 radical (unpaired) electrons. The molecule has 0 fully saturated rings. The van der Waals surface area contributed by atoms with Gasteiger partial charge in [0.05, 0.1) is 17.6 Å². The zero-order chi connectivity index (χ0) is 12.1. The van der Waals surface area contributed by atoms with Crippen molar-refractivity contribution in [1.29, 1.82) is 0 Å². The molecule has 4 N–H and O–H groups in total. The molecule has 88 valence electrons. The van der Waals surface area contributed by atoms with Crippen molar-refractivity contribution in [2.75, 3.05) is 20.2 Å². The number of aromatic hydroxyl groups is 1. The highest BCUT2D eigenvalue weighted by molar-refractivity contribution is 7.80. The molecule has 0 aliphatic heterocycles. The van der Waals surface area contributed by atoms with Crippen LogP contribution in [-0.4, -0.2) is 40.3 Å². The Bertz CT molecular complexity index is 354. The second-order valence-electron chi connectivity index (χ2n) is 3.60. The number of aliphatic hydroxyl groups is 1. The number of hydrogen-bond donors (Lipinski definition) is 3. The Morgan fingerprint density at radius 3 is 2.44 bits per heavy atom. The lowest BCUT2D eigenvalue weighted by molar-refractivity contribution is 0.207. The normalized spacial score (nSPS) is 12.7. The predicted octanol–water partition coefficient (Wildman–Crippen LogP) is 0.643. The summed E-state index contributed by atoms with van der Waals surface area (Å²) in [5, 5.41) is 18.1. The molecule has 1 unspecified atom stereocenters. The molecular formula is C11H16N2O2S. The summed E-state index contributed by atoms with van der Waals surface area (Å²) in [4.78, 5) is 2.22. The summed E-state index contributed by atoms with van der Waals surface area (Å²) in [5.74, 6) is 0.204. The summed E-state index contributed by atoms with van der Waals surface area (Å²) in [7, 11) is 1.84. The van der Waals surface area contributed by atoms with Gasteiger partial charge in [0.1, 0.15) is 5.75 Å². The molecule has 0 amide bonds. The summed E-state index contributed by atoms with van der Waals surface area (Å²) >= 11 is 5.01. The van der Waals surface area contributed by atoms with E-state index < -0.39 is 0 Å². The van der Waals surface area contributed by atoms with E-state index in [2.05, 4.69) is 0 Å². The molecule has 4 nitrogen and oxygen atoms in total. The Labute approximate surface area is 100 Å². The van der Waals surface area contributed by atoms with Crippen molar-refractivity contribution in [3.05, 3.63) is 29.8 Å². The molecule has 0 saturated heterocycles. The van der Waals surface area contributed by atoms with E-state index in [9.17, 15) is 5.11 Å². The van der Waals surface area contributed by atoms with Gasteiger partial charge in [-0.3, -0.25) is 4.90 Å². The van der Waals surface area contributed by atoms with Gasteiger partial charge in [-0.1, -0.05) is 24.4 Å². The molecule has 1 atom stereocenters. The van der Waals surface area contributed by atoms with E-state index in [0.29, 0.717) is 11.5 Å². The minimum Gasteiger partial charge on any atom is -0.508 e. The first-order valence-electron chi connectivity index (χ1n) is 4.95. The molecule has 1 aromatic carbocycles. The average molecular weight is 240 g/mol. The molecule has 5 heteroatoms.